The predicted octanol–water partition coefficient (Wildman–Crippen LogP) is 4.99. The zero-order chi connectivity index (χ0) is 19.5. The first kappa shape index (κ1) is 19.5. The van der Waals surface area contributed by atoms with Crippen molar-refractivity contribution in [3.63, 3.8) is 0 Å². The van der Waals surface area contributed by atoms with Gasteiger partial charge in [-0.3, -0.25) is 9.59 Å². The molecule has 2 amide bonds. The van der Waals surface area contributed by atoms with Gasteiger partial charge in [-0.15, -0.1) is 0 Å². The van der Waals surface area contributed by atoms with Gasteiger partial charge in [0.05, 0.1) is 0 Å². The highest BCUT2D eigenvalue weighted by Gasteiger charge is 2.46. The zero-order valence-electron chi connectivity index (χ0n) is 17.2. The number of carbonyl (C=O) groups excluding carboxylic acids is 2. The van der Waals surface area contributed by atoms with Gasteiger partial charge in [0.1, 0.15) is 6.04 Å². The Morgan fingerprint density at radius 1 is 0.929 bits per heavy atom. The molecule has 0 unspecified atom stereocenters. The van der Waals surface area contributed by atoms with Crippen molar-refractivity contribution in [3.05, 3.63) is 35.4 Å². The number of hydrogen-bond donors (Lipinski definition) is 1. The standard InChI is InChI=1S/C24H34N2O2/c1-17-11-7-10-16-21(17)26-22(19-14-8-9-15-20(19)24(26)28)23(27)25-18-12-5-3-2-4-6-13-18/h8-9,14-15,17-18,21-22H,2-7,10-13,16H2,1H3,(H,25,27)/t17-,21+,22-/m1/s1. The van der Waals surface area contributed by atoms with E-state index in [0.717, 1.165) is 43.2 Å². The van der Waals surface area contributed by atoms with Crippen LogP contribution in [0.2, 0.25) is 0 Å². The molecular weight excluding hydrogens is 348 g/mol. The van der Waals surface area contributed by atoms with Gasteiger partial charge in [-0.2, -0.15) is 0 Å². The number of hydrogen-bond acceptors (Lipinski definition) is 2. The second-order valence-electron chi connectivity index (χ2n) is 9.08. The number of fused-ring (bicyclic) bond motifs is 1. The van der Waals surface area contributed by atoms with Crippen LogP contribution >= 0.6 is 0 Å². The van der Waals surface area contributed by atoms with Crippen LogP contribution in [0.3, 0.4) is 0 Å². The van der Waals surface area contributed by atoms with Crippen molar-refractivity contribution >= 4 is 11.8 Å². The summed E-state index contributed by atoms with van der Waals surface area (Å²) in [4.78, 5) is 28.7. The lowest BCUT2D eigenvalue weighted by Crippen LogP contribution is -2.49. The van der Waals surface area contributed by atoms with E-state index in [-0.39, 0.29) is 23.9 Å². The van der Waals surface area contributed by atoms with Gasteiger partial charge < -0.3 is 10.2 Å². The Bertz CT molecular complexity index is 708. The van der Waals surface area contributed by atoms with E-state index in [4.69, 9.17) is 0 Å². The van der Waals surface area contributed by atoms with Gasteiger partial charge in [0, 0.05) is 17.6 Å². The summed E-state index contributed by atoms with van der Waals surface area (Å²) in [5.41, 5.74) is 1.62. The fourth-order valence-corrected chi connectivity index (χ4v) is 5.54. The molecule has 0 bridgehead atoms. The van der Waals surface area contributed by atoms with E-state index in [2.05, 4.69) is 12.2 Å². The van der Waals surface area contributed by atoms with Crippen LogP contribution in [-0.4, -0.2) is 28.8 Å². The number of rotatable bonds is 3. The molecule has 1 heterocycles. The molecule has 4 rings (SSSR count). The fourth-order valence-electron chi connectivity index (χ4n) is 5.54. The average Bonchev–Trinajstić information content (AvgIpc) is 2.97. The third kappa shape index (κ3) is 3.83. The molecule has 0 aromatic heterocycles. The first-order chi connectivity index (χ1) is 13.7. The van der Waals surface area contributed by atoms with Crippen molar-refractivity contribution in [2.45, 2.75) is 95.7 Å². The van der Waals surface area contributed by atoms with Gasteiger partial charge in [-0.1, -0.05) is 70.1 Å². The Kier molecular flexibility index (Phi) is 6.03. The van der Waals surface area contributed by atoms with E-state index in [9.17, 15) is 9.59 Å². The number of carbonyl (C=O) groups is 2. The smallest absolute Gasteiger partial charge is 0.255 e. The molecular formula is C24H34N2O2. The van der Waals surface area contributed by atoms with Crippen LogP contribution in [0.15, 0.2) is 24.3 Å². The summed E-state index contributed by atoms with van der Waals surface area (Å²) in [6.45, 7) is 2.24. The minimum atomic E-state index is -0.459. The van der Waals surface area contributed by atoms with Crippen LogP contribution in [0, 0.1) is 5.92 Å². The molecule has 2 fully saturated rings. The SMILES string of the molecule is C[C@@H]1CCCC[C@@H]1N1C(=O)c2ccccc2[C@@H]1C(=O)NC1CCCCCCC1. The number of nitrogens with one attached hydrogen (secondary N) is 1. The van der Waals surface area contributed by atoms with Crippen molar-refractivity contribution in [1.29, 1.82) is 0 Å². The maximum atomic E-state index is 13.5. The van der Waals surface area contributed by atoms with Crippen molar-refractivity contribution < 1.29 is 9.59 Å². The van der Waals surface area contributed by atoms with E-state index in [0.29, 0.717) is 5.92 Å². The quantitative estimate of drug-likeness (QED) is 0.800. The molecule has 4 nitrogen and oxygen atoms in total. The Labute approximate surface area is 169 Å². The zero-order valence-corrected chi connectivity index (χ0v) is 17.2. The summed E-state index contributed by atoms with van der Waals surface area (Å²) in [7, 11) is 0. The minimum Gasteiger partial charge on any atom is -0.351 e. The topological polar surface area (TPSA) is 49.4 Å². The molecule has 28 heavy (non-hydrogen) atoms. The second kappa shape index (κ2) is 8.67. The minimum absolute atomic E-state index is 0.0293. The van der Waals surface area contributed by atoms with Gasteiger partial charge in [-0.05, 0) is 43.2 Å². The summed E-state index contributed by atoms with van der Waals surface area (Å²) >= 11 is 0. The van der Waals surface area contributed by atoms with Crippen LogP contribution in [0.1, 0.15) is 99.5 Å². The summed E-state index contributed by atoms with van der Waals surface area (Å²) in [6, 6.07) is 7.69. The van der Waals surface area contributed by atoms with E-state index in [1.165, 1.54) is 38.5 Å². The predicted molar refractivity (Wildman–Crippen MR) is 111 cm³/mol. The number of benzene rings is 1. The molecule has 0 spiro atoms. The van der Waals surface area contributed by atoms with Crippen LogP contribution in [0.25, 0.3) is 0 Å². The monoisotopic (exact) mass is 382 g/mol. The van der Waals surface area contributed by atoms with Crippen LogP contribution in [0.5, 0.6) is 0 Å². The van der Waals surface area contributed by atoms with Gasteiger partial charge in [0.2, 0.25) is 5.91 Å². The molecule has 1 aromatic rings. The van der Waals surface area contributed by atoms with Crippen molar-refractivity contribution in [3.8, 4) is 0 Å². The summed E-state index contributed by atoms with van der Waals surface area (Å²) < 4.78 is 0. The highest BCUT2D eigenvalue weighted by molar-refractivity contribution is 6.05. The molecule has 2 saturated carbocycles. The summed E-state index contributed by atoms with van der Waals surface area (Å²) in [5, 5.41) is 3.34. The molecule has 0 radical (unpaired) electrons. The molecule has 152 valence electrons. The third-order valence-electron chi connectivity index (χ3n) is 7.12. The van der Waals surface area contributed by atoms with E-state index >= 15 is 0 Å². The van der Waals surface area contributed by atoms with Crippen LogP contribution in [0.4, 0.5) is 0 Å². The normalized spacial score (nSPS) is 29.1. The molecule has 2 aliphatic carbocycles. The molecule has 0 saturated heterocycles. The van der Waals surface area contributed by atoms with Crippen LogP contribution < -0.4 is 5.32 Å². The first-order valence-corrected chi connectivity index (χ1v) is 11.4. The van der Waals surface area contributed by atoms with Crippen molar-refractivity contribution in [2.75, 3.05) is 0 Å². The van der Waals surface area contributed by atoms with E-state index in [1.807, 2.05) is 29.2 Å². The Hall–Kier alpha value is -1.84. The molecule has 3 aliphatic rings. The van der Waals surface area contributed by atoms with Crippen molar-refractivity contribution in [1.82, 2.24) is 10.2 Å². The number of amides is 2. The lowest BCUT2D eigenvalue weighted by atomic mass is 9.84. The summed E-state index contributed by atoms with van der Waals surface area (Å²) in [6.07, 6.45) is 12.9. The molecule has 3 atom stereocenters. The lowest BCUT2D eigenvalue weighted by molar-refractivity contribution is -0.127. The fraction of sp³-hybridized carbons (Fsp3) is 0.667. The van der Waals surface area contributed by atoms with Gasteiger partial charge in [0.25, 0.3) is 5.91 Å². The van der Waals surface area contributed by atoms with Gasteiger partial charge in [0.15, 0.2) is 0 Å². The first-order valence-electron chi connectivity index (χ1n) is 11.4. The second-order valence-corrected chi connectivity index (χ2v) is 9.08. The molecule has 1 N–H and O–H groups in total. The highest BCUT2D eigenvalue weighted by atomic mass is 16.2. The lowest BCUT2D eigenvalue weighted by Gasteiger charge is -2.39. The molecule has 1 aliphatic heterocycles. The van der Waals surface area contributed by atoms with Gasteiger partial charge in [-0.25, -0.2) is 0 Å². The van der Waals surface area contributed by atoms with Crippen LogP contribution in [-0.2, 0) is 4.79 Å². The Balaban J connectivity index is 1.59. The molecule has 4 heteroatoms. The third-order valence-corrected chi connectivity index (χ3v) is 7.12. The highest BCUT2D eigenvalue weighted by Crippen LogP contribution is 2.40. The van der Waals surface area contributed by atoms with Gasteiger partial charge >= 0.3 is 0 Å². The average molecular weight is 383 g/mol. The van der Waals surface area contributed by atoms with Crippen molar-refractivity contribution in [2.24, 2.45) is 5.92 Å². The maximum Gasteiger partial charge on any atom is 0.255 e. The largest absolute Gasteiger partial charge is 0.351 e. The Morgan fingerprint density at radius 3 is 2.32 bits per heavy atom. The molecule has 1 aromatic carbocycles. The summed E-state index contributed by atoms with van der Waals surface area (Å²) in [5.74, 6) is 0.525. The Morgan fingerprint density at radius 2 is 1.57 bits per heavy atom. The van der Waals surface area contributed by atoms with E-state index < -0.39 is 6.04 Å². The maximum absolute atomic E-state index is 13.5. The van der Waals surface area contributed by atoms with E-state index in [1.54, 1.807) is 0 Å². The number of nitrogens with zero attached hydrogens (tertiary/aromatic N) is 1.